The number of hydroxylamine groups is 1. The van der Waals surface area contributed by atoms with Crippen molar-refractivity contribution in [2.45, 2.75) is 19.3 Å². The molecule has 1 aliphatic carbocycles. The molecule has 1 aliphatic rings. The van der Waals surface area contributed by atoms with Crippen LogP contribution in [0.25, 0.3) is 0 Å². The van der Waals surface area contributed by atoms with Crippen LogP contribution in [0.15, 0.2) is 0 Å². The van der Waals surface area contributed by atoms with Crippen LogP contribution in [-0.4, -0.2) is 25.0 Å². The third-order valence-electron chi connectivity index (χ3n) is 2.56. The number of hydrogen-bond donors (Lipinski definition) is 3. The van der Waals surface area contributed by atoms with Crippen molar-refractivity contribution in [3.8, 4) is 0 Å². The van der Waals surface area contributed by atoms with Crippen LogP contribution in [0.4, 0.5) is 0 Å². The number of primary amides is 1. The number of carbonyl (C=O) groups is 2. The highest BCUT2D eigenvalue weighted by Gasteiger charge is 2.43. The Labute approximate surface area is 81.9 Å². The van der Waals surface area contributed by atoms with Gasteiger partial charge in [-0.2, -0.15) is 0 Å². The minimum atomic E-state index is -0.624. The molecule has 0 aromatic rings. The Bertz CT molecular complexity index is 232. The molecule has 5 N–H and O–H groups in total. The summed E-state index contributed by atoms with van der Waals surface area (Å²) in [4.78, 5) is 26.4. The van der Waals surface area contributed by atoms with Gasteiger partial charge in [-0.15, -0.1) is 0 Å². The van der Waals surface area contributed by atoms with Gasteiger partial charge in [0.25, 0.3) is 5.91 Å². The second kappa shape index (κ2) is 4.39. The van der Waals surface area contributed by atoms with E-state index in [1.165, 1.54) is 0 Å². The zero-order valence-electron chi connectivity index (χ0n) is 7.91. The predicted molar refractivity (Wildman–Crippen MR) is 48.6 cm³/mol. The smallest absolute Gasteiger partial charge is 0.251 e. The third kappa shape index (κ3) is 2.21. The van der Waals surface area contributed by atoms with Crippen LogP contribution in [0.3, 0.4) is 0 Å². The van der Waals surface area contributed by atoms with Gasteiger partial charge in [-0.25, -0.2) is 5.48 Å². The molecule has 14 heavy (non-hydrogen) atoms. The average Bonchev–Trinajstić information content (AvgIpc) is 2.02. The number of rotatable bonds is 5. The Morgan fingerprint density at radius 3 is 2.43 bits per heavy atom. The molecule has 0 heterocycles. The molecule has 6 nitrogen and oxygen atoms in total. The molecular weight excluding hydrogens is 186 g/mol. The fourth-order valence-corrected chi connectivity index (χ4v) is 1.41. The highest BCUT2D eigenvalue weighted by atomic mass is 16.7. The van der Waals surface area contributed by atoms with Crippen molar-refractivity contribution in [2.75, 3.05) is 13.2 Å². The van der Waals surface area contributed by atoms with Crippen LogP contribution in [-0.2, 0) is 14.4 Å². The summed E-state index contributed by atoms with van der Waals surface area (Å²) in [5, 5.41) is 0. The van der Waals surface area contributed by atoms with Crippen LogP contribution in [0.5, 0.6) is 0 Å². The molecule has 0 unspecified atom stereocenters. The van der Waals surface area contributed by atoms with E-state index in [4.69, 9.17) is 11.5 Å². The first-order chi connectivity index (χ1) is 6.60. The fourth-order valence-electron chi connectivity index (χ4n) is 1.41. The van der Waals surface area contributed by atoms with E-state index in [0.29, 0.717) is 6.54 Å². The first-order valence-electron chi connectivity index (χ1n) is 4.51. The summed E-state index contributed by atoms with van der Waals surface area (Å²) in [6.07, 6.45) is 2.55. The average molecular weight is 201 g/mol. The van der Waals surface area contributed by atoms with Gasteiger partial charge in [-0.1, -0.05) is 6.42 Å². The first-order valence-corrected chi connectivity index (χ1v) is 4.51. The molecule has 0 saturated heterocycles. The fraction of sp³-hybridized carbons (Fsp3) is 0.750. The topological polar surface area (TPSA) is 107 Å². The Balaban J connectivity index is 2.30. The number of hydrogen-bond acceptors (Lipinski definition) is 4. The SMILES string of the molecule is NCC1(C(=O)NOCC(N)=O)CCC1. The summed E-state index contributed by atoms with van der Waals surface area (Å²) in [6, 6.07) is 0. The van der Waals surface area contributed by atoms with Crippen LogP contribution in [0, 0.1) is 5.41 Å². The van der Waals surface area contributed by atoms with Crippen molar-refractivity contribution in [3.63, 3.8) is 0 Å². The monoisotopic (exact) mass is 201 g/mol. The molecule has 80 valence electrons. The minimum absolute atomic E-state index is 0.257. The lowest BCUT2D eigenvalue weighted by Gasteiger charge is -2.38. The summed E-state index contributed by atoms with van der Waals surface area (Å²) in [7, 11) is 0. The molecule has 0 aromatic heterocycles. The Kier molecular flexibility index (Phi) is 3.43. The van der Waals surface area contributed by atoms with Gasteiger partial charge in [0.2, 0.25) is 5.91 Å². The van der Waals surface area contributed by atoms with Gasteiger partial charge < -0.3 is 11.5 Å². The zero-order chi connectivity index (χ0) is 10.6. The predicted octanol–water partition coefficient (Wildman–Crippen LogP) is -1.35. The molecule has 0 bridgehead atoms. The molecule has 1 rings (SSSR count). The van der Waals surface area contributed by atoms with Crippen LogP contribution in [0.1, 0.15) is 19.3 Å². The van der Waals surface area contributed by atoms with Gasteiger partial charge in [0.1, 0.15) is 0 Å². The van der Waals surface area contributed by atoms with E-state index in [1.54, 1.807) is 0 Å². The third-order valence-corrected chi connectivity index (χ3v) is 2.56. The van der Waals surface area contributed by atoms with E-state index in [2.05, 4.69) is 10.3 Å². The van der Waals surface area contributed by atoms with Crippen molar-refractivity contribution in [2.24, 2.45) is 16.9 Å². The second-order valence-corrected chi connectivity index (χ2v) is 3.52. The maximum atomic E-state index is 11.5. The molecule has 1 fully saturated rings. The number of nitrogens with two attached hydrogens (primary N) is 2. The summed E-state index contributed by atoms with van der Waals surface area (Å²) < 4.78 is 0. The molecule has 0 aliphatic heterocycles. The van der Waals surface area contributed by atoms with E-state index in [-0.39, 0.29) is 12.5 Å². The van der Waals surface area contributed by atoms with Gasteiger partial charge in [0, 0.05) is 6.54 Å². The van der Waals surface area contributed by atoms with Gasteiger partial charge in [-0.05, 0) is 12.8 Å². The quantitative estimate of drug-likeness (QED) is 0.478. The van der Waals surface area contributed by atoms with Crippen molar-refractivity contribution in [1.82, 2.24) is 5.48 Å². The number of nitrogens with one attached hydrogen (secondary N) is 1. The summed E-state index contributed by atoms with van der Waals surface area (Å²) in [5.74, 6) is -0.881. The molecule has 0 radical (unpaired) electrons. The Hall–Kier alpha value is -1.14. The summed E-state index contributed by atoms with van der Waals surface area (Å²) >= 11 is 0. The zero-order valence-corrected chi connectivity index (χ0v) is 7.91. The number of amides is 2. The van der Waals surface area contributed by atoms with Crippen LogP contribution in [0.2, 0.25) is 0 Å². The van der Waals surface area contributed by atoms with E-state index in [0.717, 1.165) is 19.3 Å². The molecule has 1 saturated carbocycles. The Morgan fingerprint density at radius 1 is 1.43 bits per heavy atom. The normalized spacial score (nSPS) is 18.4. The first kappa shape index (κ1) is 10.9. The van der Waals surface area contributed by atoms with Crippen molar-refractivity contribution in [3.05, 3.63) is 0 Å². The summed E-state index contributed by atoms with van der Waals surface area (Å²) in [5.41, 5.74) is 12.0. The molecular formula is C8H15N3O3. The Morgan fingerprint density at radius 2 is 2.07 bits per heavy atom. The van der Waals surface area contributed by atoms with Gasteiger partial charge >= 0.3 is 0 Å². The minimum Gasteiger partial charge on any atom is -0.368 e. The highest BCUT2D eigenvalue weighted by molar-refractivity contribution is 5.83. The van der Waals surface area contributed by atoms with Crippen LogP contribution >= 0.6 is 0 Å². The second-order valence-electron chi connectivity index (χ2n) is 3.52. The van der Waals surface area contributed by atoms with Crippen molar-refractivity contribution >= 4 is 11.8 Å². The van der Waals surface area contributed by atoms with E-state index >= 15 is 0 Å². The van der Waals surface area contributed by atoms with Crippen LogP contribution < -0.4 is 16.9 Å². The van der Waals surface area contributed by atoms with E-state index in [9.17, 15) is 9.59 Å². The molecule has 0 spiro atoms. The standard InChI is InChI=1S/C8H15N3O3/c9-5-8(2-1-3-8)7(13)11-14-4-6(10)12/h1-5,9H2,(H2,10,12)(H,11,13). The van der Waals surface area contributed by atoms with E-state index in [1.807, 2.05) is 0 Å². The molecule has 0 atom stereocenters. The maximum absolute atomic E-state index is 11.5. The van der Waals surface area contributed by atoms with Gasteiger partial charge in [-0.3, -0.25) is 14.4 Å². The molecule has 6 heteroatoms. The largest absolute Gasteiger partial charge is 0.368 e. The van der Waals surface area contributed by atoms with Crippen molar-refractivity contribution < 1.29 is 14.4 Å². The summed E-state index contributed by atoms with van der Waals surface area (Å²) in [6.45, 7) is -0.00877. The van der Waals surface area contributed by atoms with Gasteiger partial charge in [0.05, 0.1) is 5.41 Å². The molecule has 0 aromatic carbocycles. The van der Waals surface area contributed by atoms with Crippen molar-refractivity contribution in [1.29, 1.82) is 0 Å². The van der Waals surface area contributed by atoms with Gasteiger partial charge in [0.15, 0.2) is 6.61 Å². The maximum Gasteiger partial charge on any atom is 0.251 e. The lowest BCUT2D eigenvalue weighted by atomic mass is 9.68. The lowest BCUT2D eigenvalue weighted by Crippen LogP contribution is -2.50. The number of carbonyl (C=O) groups excluding carboxylic acids is 2. The molecule has 2 amide bonds. The lowest BCUT2D eigenvalue weighted by molar-refractivity contribution is -0.150. The highest BCUT2D eigenvalue weighted by Crippen LogP contribution is 2.39. The van der Waals surface area contributed by atoms with E-state index < -0.39 is 11.3 Å².